The fourth-order valence-electron chi connectivity index (χ4n) is 2.21. The highest BCUT2D eigenvalue weighted by molar-refractivity contribution is 5.91. The number of furan rings is 1. The molecule has 1 atom stereocenters. The van der Waals surface area contributed by atoms with Crippen molar-refractivity contribution in [3.05, 3.63) is 24.2 Å². The van der Waals surface area contributed by atoms with Crippen molar-refractivity contribution in [1.82, 2.24) is 10.2 Å². The van der Waals surface area contributed by atoms with Gasteiger partial charge in [-0.05, 0) is 38.4 Å². The fourth-order valence-corrected chi connectivity index (χ4v) is 2.21. The van der Waals surface area contributed by atoms with E-state index in [0.29, 0.717) is 11.8 Å². The smallest absolute Gasteiger partial charge is 0.289 e. The SMILES string of the molecule is CCN(C(=O)c1ccco1)C1CCCNC1. The van der Waals surface area contributed by atoms with Crippen molar-refractivity contribution in [2.45, 2.75) is 25.8 Å². The molecule has 0 saturated carbocycles. The Labute approximate surface area is 95.6 Å². The third-order valence-electron chi connectivity index (χ3n) is 3.05. The highest BCUT2D eigenvalue weighted by atomic mass is 16.3. The van der Waals surface area contributed by atoms with Crippen molar-refractivity contribution in [1.29, 1.82) is 0 Å². The number of nitrogens with one attached hydrogen (secondary N) is 1. The topological polar surface area (TPSA) is 45.5 Å². The molecular weight excluding hydrogens is 204 g/mol. The van der Waals surface area contributed by atoms with E-state index in [1.807, 2.05) is 11.8 Å². The summed E-state index contributed by atoms with van der Waals surface area (Å²) in [4.78, 5) is 14.0. The summed E-state index contributed by atoms with van der Waals surface area (Å²) in [6.07, 6.45) is 3.75. The molecule has 1 aliphatic rings. The summed E-state index contributed by atoms with van der Waals surface area (Å²) in [7, 11) is 0. The number of hydrogen-bond acceptors (Lipinski definition) is 3. The number of carbonyl (C=O) groups is 1. The van der Waals surface area contributed by atoms with Gasteiger partial charge in [-0.15, -0.1) is 0 Å². The van der Waals surface area contributed by atoms with Gasteiger partial charge in [0.1, 0.15) is 0 Å². The van der Waals surface area contributed by atoms with Gasteiger partial charge in [0, 0.05) is 19.1 Å². The maximum absolute atomic E-state index is 12.1. The maximum Gasteiger partial charge on any atom is 0.289 e. The largest absolute Gasteiger partial charge is 0.459 e. The summed E-state index contributed by atoms with van der Waals surface area (Å²) in [5, 5.41) is 3.33. The maximum atomic E-state index is 12.1. The normalized spacial score (nSPS) is 20.7. The van der Waals surface area contributed by atoms with Crippen molar-refractivity contribution in [3.8, 4) is 0 Å². The zero-order valence-corrected chi connectivity index (χ0v) is 9.61. The Kier molecular flexibility index (Phi) is 3.62. The van der Waals surface area contributed by atoms with E-state index in [-0.39, 0.29) is 5.91 Å². The lowest BCUT2D eigenvalue weighted by molar-refractivity contribution is 0.0629. The van der Waals surface area contributed by atoms with Crippen LogP contribution in [0.25, 0.3) is 0 Å². The minimum Gasteiger partial charge on any atom is -0.459 e. The average molecular weight is 222 g/mol. The van der Waals surface area contributed by atoms with Gasteiger partial charge in [-0.1, -0.05) is 0 Å². The van der Waals surface area contributed by atoms with Crippen molar-refractivity contribution in [3.63, 3.8) is 0 Å². The molecule has 4 nitrogen and oxygen atoms in total. The molecule has 1 aromatic rings. The average Bonchev–Trinajstić information content (AvgIpc) is 2.85. The van der Waals surface area contributed by atoms with E-state index < -0.39 is 0 Å². The number of piperidine rings is 1. The lowest BCUT2D eigenvalue weighted by atomic mass is 10.1. The van der Waals surface area contributed by atoms with Gasteiger partial charge in [0.05, 0.1) is 6.26 Å². The molecule has 1 N–H and O–H groups in total. The first kappa shape index (κ1) is 11.2. The van der Waals surface area contributed by atoms with Gasteiger partial charge in [0.25, 0.3) is 5.91 Å². The van der Waals surface area contributed by atoms with Crippen LogP contribution in [0.1, 0.15) is 30.3 Å². The minimum absolute atomic E-state index is 0.00111. The van der Waals surface area contributed by atoms with Crippen LogP contribution in [0.4, 0.5) is 0 Å². The molecule has 1 fully saturated rings. The second-order valence-corrected chi connectivity index (χ2v) is 4.07. The summed E-state index contributed by atoms with van der Waals surface area (Å²) < 4.78 is 5.16. The van der Waals surface area contributed by atoms with E-state index in [9.17, 15) is 4.79 Å². The lowest BCUT2D eigenvalue weighted by Crippen LogP contribution is -2.48. The zero-order chi connectivity index (χ0) is 11.4. The summed E-state index contributed by atoms with van der Waals surface area (Å²) in [5.41, 5.74) is 0. The molecule has 2 heterocycles. The molecule has 0 aliphatic carbocycles. The zero-order valence-electron chi connectivity index (χ0n) is 9.61. The van der Waals surface area contributed by atoms with E-state index in [1.54, 1.807) is 18.4 Å². The van der Waals surface area contributed by atoms with E-state index in [4.69, 9.17) is 4.42 Å². The second kappa shape index (κ2) is 5.16. The van der Waals surface area contributed by atoms with Crippen LogP contribution >= 0.6 is 0 Å². The van der Waals surface area contributed by atoms with E-state index in [0.717, 1.165) is 32.5 Å². The Morgan fingerprint density at radius 2 is 2.56 bits per heavy atom. The molecule has 1 aromatic heterocycles. The van der Waals surface area contributed by atoms with Crippen LogP contribution in [0.5, 0.6) is 0 Å². The van der Waals surface area contributed by atoms with Gasteiger partial charge in [0.2, 0.25) is 0 Å². The third kappa shape index (κ3) is 2.27. The summed E-state index contributed by atoms with van der Waals surface area (Å²) in [6, 6.07) is 3.78. The van der Waals surface area contributed by atoms with Crippen LogP contribution in [0.3, 0.4) is 0 Å². The van der Waals surface area contributed by atoms with Crippen LogP contribution in [-0.2, 0) is 0 Å². The number of hydrogen-bond donors (Lipinski definition) is 1. The van der Waals surface area contributed by atoms with Gasteiger partial charge in [-0.2, -0.15) is 0 Å². The first-order chi connectivity index (χ1) is 7.83. The number of carbonyl (C=O) groups excluding carboxylic acids is 1. The van der Waals surface area contributed by atoms with Crippen LogP contribution < -0.4 is 5.32 Å². The molecule has 1 saturated heterocycles. The van der Waals surface area contributed by atoms with Crippen LogP contribution in [0.15, 0.2) is 22.8 Å². The number of rotatable bonds is 3. The Balaban J connectivity index is 2.06. The second-order valence-electron chi connectivity index (χ2n) is 4.07. The first-order valence-electron chi connectivity index (χ1n) is 5.88. The lowest BCUT2D eigenvalue weighted by Gasteiger charge is -2.33. The number of likely N-dealkylation sites (N-methyl/N-ethyl adjacent to an activating group) is 1. The Bertz CT molecular complexity index is 329. The molecule has 16 heavy (non-hydrogen) atoms. The quantitative estimate of drug-likeness (QED) is 0.842. The number of amides is 1. The van der Waals surface area contributed by atoms with Crippen LogP contribution in [0, 0.1) is 0 Å². The van der Waals surface area contributed by atoms with Gasteiger partial charge >= 0.3 is 0 Å². The third-order valence-corrected chi connectivity index (χ3v) is 3.05. The van der Waals surface area contributed by atoms with Crippen molar-refractivity contribution in [2.24, 2.45) is 0 Å². The first-order valence-corrected chi connectivity index (χ1v) is 5.88. The molecule has 1 aliphatic heterocycles. The van der Waals surface area contributed by atoms with Gasteiger partial charge < -0.3 is 14.6 Å². The van der Waals surface area contributed by atoms with Crippen molar-refractivity contribution >= 4 is 5.91 Å². The predicted molar refractivity (Wildman–Crippen MR) is 61.3 cm³/mol. The summed E-state index contributed by atoms with van der Waals surface area (Å²) in [5.74, 6) is 0.439. The minimum atomic E-state index is 0.00111. The molecule has 4 heteroatoms. The summed E-state index contributed by atoms with van der Waals surface area (Å²) >= 11 is 0. The van der Waals surface area contributed by atoms with Crippen LogP contribution in [-0.4, -0.2) is 36.5 Å². The van der Waals surface area contributed by atoms with Crippen molar-refractivity contribution < 1.29 is 9.21 Å². The fraction of sp³-hybridized carbons (Fsp3) is 0.583. The highest BCUT2D eigenvalue weighted by Gasteiger charge is 2.25. The monoisotopic (exact) mass is 222 g/mol. The number of nitrogens with zero attached hydrogens (tertiary/aromatic N) is 1. The van der Waals surface area contributed by atoms with Gasteiger partial charge in [-0.3, -0.25) is 4.79 Å². The summed E-state index contributed by atoms with van der Waals surface area (Å²) in [6.45, 7) is 4.69. The van der Waals surface area contributed by atoms with E-state index in [2.05, 4.69) is 5.32 Å². The predicted octanol–water partition coefficient (Wildman–Crippen LogP) is 1.49. The van der Waals surface area contributed by atoms with Crippen LogP contribution in [0.2, 0.25) is 0 Å². The molecule has 1 amide bonds. The standard InChI is InChI=1S/C12H18N2O2/c1-2-14(10-5-3-7-13-9-10)12(15)11-6-4-8-16-11/h4,6,8,10,13H,2-3,5,7,9H2,1H3. The molecule has 88 valence electrons. The molecule has 1 unspecified atom stereocenters. The Morgan fingerprint density at radius 3 is 3.12 bits per heavy atom. The molecule has 0 spiro atoms. The van der Waals surface area contributed by atoms with Gasteiger partial charge in [-0.25, -0.2) is 0 Å². The highest BCUT2D eigenvalue weighted by Crippen LogP contribution is 2.14. The Hall–Kier alpha value is -1.29. The molecule has 0 bridgehead atoms. The van der Waals surface area contributed by atoms with Crippen molar-refractivity contribution in [2.75, 3.05) is 19.6 Å². The van der Waals surface area contributed by atoms with E-state index >= 15 is 0 Å². The molecule has 0 aromatic carbocycles. The molecule has 2 rings (SSSR count). The molecule has 0 radical (unpaired) electrons. The van der Waals surface area contributed by atoms with Gasteiger partial charge in [0.15, 0.2) is 5.76 Å². The molecular formula is C12H18N2O2. The van der Waals surface area contributed by atoms with E-state index in [1.165, 1.54) is 0 Å². The Morgan fingerprint density at radius 1 is 1.69 bits per heavy atom.